The molecule has 1 amide bonds. The van der Waals surface area contributed by atoms with Crippen molar-refractivity contribution >= 4 is 11.9 Å². The van der Waals surface area contributed by atoms with Crippen LogP contribution in [0.1, 0.15) is 48.0 Å². The fourth-order valence-corrected chi connectivity index (χ4v) is 1.21. The number of carbonyl (C=O) groups is 2. The van der Waals surface area contributed by atoms with Crippen LogP contribution in [0.2, 0.25) is 0 Å². The first-order chi connectivity index (χ1) is 7.68. The molecule has 0 spiro atoms. The summed E-state index contributed by atoms with van der Waals surface area (Å²) in [5.74, 6) is -0.228. The van der Waals surface area contributed by atoms with Crippen molar-refractivity contribution in [2.45, 2.75) is 54.0 Å². The van der Waals surface area contributed by atoms with Crippen LogP contribution in [0.5, 0.6) is 0 Å². The van der Waals surface area contributed by atoms with E-state index in [1.54, 1.807) is 13.8 Å². The third-order valence-corrected chi connectivity index (χ3v) is 2.99. The number of nitrogens with one attached hydrogen (secondary N) is 1. The number of hydrogen-bond acceptors (Lipinski definition) is 3. The number of ether oxygens (including phenoxy) is 1. The smallest absolute Gasteiger partial charge is 0.328 e. The fraction of sp³-hybridized carbons (Fsp3) is 0.846. The van der Waals surface area contributed by atoms with Gasteiger partial charge < -0.3 is 10.1 Å². The average Bonchev–Trinajstić information content (AvgIpc) is 2.16. The molecule has 0 aromatic rings. The Kier molecular flexibility index (Phi) is 6.21. The van der Waals surface area contributed by atoms with E-state index in [0.717, 1.165) is 0 Å². The summed E-state index contributed by atoms with van der Waals surface area (Å²) in [6.45, 7) is 12.0. The molecule has 0 aliphatic heterocycles. The zero-order valence-electron chi connectivity index (χ0n) is 11.8. The monoisotopic (exact) mass is 243 g/mol. The fourth-order valence-electron chi connectivity index (χ4n) is 1.21. The zero-order valence-corrected chi connectivity index (χ0v) is 11.8. The Balaban J connectivity index is 4.15. The minimum atomic E-state index is -0.574. The van der Waals surface area contributed by atoms with Crippen LogP contribution < -0.4 is 5.32 Å². The molecular formula is C13H25NO3. The lowest BCUT2D eigenvalue weighted by atomic mass is 9.80. The molecule has 0 bridgehead atoms. The van der Waals surface area contributed by atoms with E-state index in [1.807, 2.05) is 6.92 Å². The molecular weight excluding hydrogens is 218 g/mol. The first-order valence-corrected chi connectivity index (χ1v) is 6.14. The molecule has 0 saturated heterocycles. The molecule has 100 valence electrons. The predicted octanol–water partition coefficient (Wildman–Crippen LogP) is 2.13. The van der Waals surface area contributed by atoms with Crippen LogP contribution in [0.15, 0.2) is 0 Å². The van der Waals surface area contributed by atoms with Crippen LogP contribution >= 0.6 is 0 Å². The Morgan fingerprint density at radius 3 is 2.18 bits per heavy atom. The Bertz CT molecular complexity index is 268. The van der Waals surface area contributed by atoms with E-state index < -0.39 is 6.04 Å². The van der Waals surface area contributed by atoms with Crippen molar-refractivity contribution in [3.8, 4) is 0 Å². The minimum Gasteiger partial charge on any atom is -0.464 e. The molecule has 0 unspecified atom stereocenters. The van der Waals surface area contributed by atoms with Gasteiger partial charge in [0.1, 0.15) is 6.04 Å². The molecule has 0 aliphatic rings. The van der Waals surface area contributed by atoms with Crippen molar-refractivity contribution in [2.75, 3.05) is 6.61 Å². The lowest BCUT2D eigenvalue weighted by Crippen LogP contribution is -2.40. The van der Waals surface area contributed by atoms with Crippen molar-refractivity contribution in [1.29, 1.82) is 0 Å². The molecule has 0 heterocycles. The quantitative estimate of drug-likeness (QED) is 0.753. The molecule has 0 aromatic carbocycles. The van der Waals surface area contributed by atoms with Gasteiger partial charge in [0.2, 0.25) is 5.91 Å². The van der Waals surface area contributed by atoms with E-state index in [0.29, 0.717) is 13.0 Å². The minimum absolute atomic E-state index is 0.0878. The highest BCUT2D eigenvalue weighted by molar-refractivity contribution is 5.84. The normalized spacial score (nSPS) is 14.9. The van der Waals surface area contributed by atoms with Crippen molar-refractivity contribution in [2.24, 2.45) is 11.3 Å². The molecule has 4 heteroatoms. The maximum Gasteiger partial charge on any atom is 0.328 e. The predicted molar refractivity (Wildman–Crippen MR) is 67.5 cm³/mol. The van der Waals surface area contributed by atoms with Crippen molar-refractivity contribution in [1.82, 2.24) is 5.32 Å². The van der Waals surface area contributed by atoms with E-state index >= 15 is 0 Å². The third kappa shape index (κ3) is 6.29. The number of amides is 1. The van der Waals surface area contributed by atoms with Gasteiger partial charge in [-0.15, -0.1) is 0 Å². The SMILES string of the molecule is CCOC(=O)[C@H](C)NC(=O)C[C@@H](C)C(C)(C)C. The molecule has 0 radical (unpaired) electrons. The first-order valence-electron chi connectivity index (χ1n) is 6.14. The van der Waals surface area contributed by atoms with Gasteiger partial charge in [-0.3, -0.25) is 4.79 Å². The van der Waals surface area contributed by atoms with Crippen LogP contribution in [0.3, 0.4) is 0 Å². The van der Waals surface area contributed by atoms with E-state index in [-0.39, 0.29) is 23.2 Å². The highest BCUT2D eigenvalue weighted by atomic mass is 16.5. The van der Waals surface area contributed by atoms with Gasteiger partial charge in [0.15, 0.2) is 0 Å². The second kappa shape index (κ2) is 6.62. The van der Waals surface area contributed by atoms with Crippen molar-refractivity contribution < 1.29 is 14.3 Å². The van der Waals surface area contributed by atoms with Gasteiger partial charge in [-0.2, -0.15) is 0 Å². The molecule has 4 nitrogen and oxygen atoms in total. The summed E-state index contributed by atoms with van der Waals surface area (Å²) in [5.41, 5.74) is 0.0878. The van der Waals surface area contributed by atoms with E-state index in [9.17, 15) is 9.59 Å². The lowest BCUT2D eigenvalue weighted by molar-refractivity contribution is -0.147. The van der Waals surface area contributed by atoms with Gasteiger partial charge in [0, 0.05) is 6.42 Å². The van der Waals surface area contributed by atoms with Crippen LogP contribution in [0.4, 0.5) is 0 Å². The first kappa shape index (κ1) is 15.9. The molecule has 0 aliphatic carbocycles. The summed E-state index contributed by atoms with van der Waals surface area (Å²) < 4.78 is 4.82. The maximum absolute atomic E-state index is 11.7. The summed E-state index contributed by atoms with van der Waals surface area (Å²) >= 11 is 0. The largest absolute Gasteiger partial charge is 0.464 e. The standard InChI is InChI=1S/C13H25NO3/c1-7-17-12(16)10(3)14-11(15)8-9(2)13(4,5)6/h9-10H,7-8H2,1-6H3,(H,14,15)/t9-,10+/m1/s1. The highest BCUT2D eigenvalue weighted by Crippen LogP contribution is 2.27. The molecule has 0 saturated carbocycles. The number of rotatable bonds is 5. The average molecular weight is 243 g/mol. The summed E-state index contributed by atoms with van der Waals surface area (Å²) in [7, 11) is 0. The summed E-state index contributed by atoms with van der Waals surface area (Å²) in [5, 5.41) is 2.65. The summed E-state index contributed by atoms with van der Waals surface area (Å²) in [6.07, 6.45) is 0.424. The molecule has 2 atom stereocenters. The van der Waals surface area contributed by atoms with Crippen LogP contribution in [0, 0.1) is 11.3 Å². The molecule has 0 fully saturated rings. The second-order valence-electron chi connectivity index (χ2n) is 5.51. The topological polar surface area (TPSA) is 55.4 Å². The Morgan fingerprint density at radius 1 is 1.24 bits per heavy atom. The van der Waals surface area contributed by atoms with Crippen molar-refractivity contribution in [3.63, 3.8) is 0 Å². The molecule has 0 rings (SSSR count). The Morgan fingerprint density at radius 2 is 1.76 bits per heavy atom. The Labute approximate surface area is 104 Å². The number of esters is 1. The lowest BCUT2D eigenvalue weighted by Gasteiger charge is -2.27. The number of carbonyl (C=O) groups excluding carboxylic acids is 2. The molecule has 1 N–H and O–H groups in total. The number of hydrogen-bond donors (Lipinski definition) is 1. The van der Waals surface area contributed by atoms with E-state index in [4.69, 9.17) is 4.74 Å². The Hall–Kier alpha value is -1.06. The molecule has 17 heavy (non-hydrogen) atoms. The highest BCUT2D eigenvalue weighted by Gasteiger charge is 2.24. The van der Waals surface area contributed by atoms with E-state index in [2.05, 4.69) is 26.1 Å². The third-order valence-electron chi connectivity index (χ3n) is 2.99. The van der Waals surface area contributed by atoms with Gasteiger partial charge >= 0.3 is 5.97 Å². The van der Waals surface area contributed by atoms with Gasteiger partial charge in [-0.25, -0.2) is 4.79 Å². The van der Waals surface area contributed by atoms with Gasteiger partial charge in [-0.05, 0) is 25.2 Å². The van der Waals surface area contributed by atoms with Gasteiger partial charge in [0.05, 0.1) is 6.61 Å². The second-order valence-corrected chi connectivity index (χ2v) is 5.51. The van der Waals surface area contributed by atoms with Crippen LogP contribution in [-0.2, 0) is 14.3 Å². The zero-order chi connectivity index (χ0) is 13.6. The van der Waals surface area contributed by atoms with Gasteiger partial charge in [0.25, 0.3) is 0 Å². The van der Waals surface area contributed by atoms with Crippen molar-refractivity contribution in [3.05, 3.63) is 0 Å². The van der Waals surface area contributed by atoms with Gasteiger partial charge in [-0.1, -0.05) is 27.7 Å². The summed E-state index contributed by atoms with van der Waals surface area (Å²) in [4.78, 5) is 23.0. The summed E-state index contributed by atoms with van der Waals surface area (Å²) in [6, 6.07) is -0.574. The van der Waals surface area contributed by atoms with Crippen LogP contribution in [-0.4, -0.2) is 24.5 Å². The van der Waals surface area contributed by atoms with E-state index in [1.165, 1.54) is 0 Å². The molecule has 0 aromatic heterocycles. The van der Waals surface area contributed by atoms with Crippen LogP contribution in [0.25, 0.3) is 0 Å². The maximum atomic E-state index is 11.7.